The average Bonchev–Trinajstić information content (AvgIpc) is 2.74. The van der Waals surface area contributed by atoms with E-state index in [2.05, 4.69) is 15.0 Å². The van der Waals surface area contributed by atoms with Crippen molar-refractivity contribution in [3.05, 3.63) is 11.1 Å². The molecular formula is C10H14N2O4S. The number of carboxylic acid groups (broad SMARTS) is 1. The Labute approximate surface area is 103 Å². The summed E-state index contributed by atoms with van der Waals surface area (Å²) in [5.41, 5.74) is -0.691. The van der Waals surface area contributed by atoms with E-state index in [1.807, 2.05) is 0 Å². The highest BCUT2D eigenvalue weighted by Gasteiger charge is 2.28. The summed E-state index contributed by atoms with van der Waals surface area (Å²) in [4.78, 5) is 26.1. The first kappa shape index (κ1) is 13.4. The van der Waals surface area contributed by atoms with Gasteiger partial charge >= 0.3 is 11.9 Å². The summed E-state index contributed by atoms with van der Waals surface area (Å²) in [6, 6.07) is 0. The van der Waals surface area contributed by atoms with Gasteiger partial charge in [-0.05, 0) is 13.8 Å². The van der Waals surface area contributed by atoms with Crippen molar-refractivity contribution in [2.24, 2.45) is 5.41 Å². The second-order valence-corrected chi connectivity index (χ2v) is 5.09. The highest BCUT2D eigenvalue weighted by molar-refractivity contribution is 7.17. The van der Waals surface area contributed by atoms with Gasteiger partial charge in [-0.15, -0.1) is 0 Å². The van der Waals surface area contributed by atoms with Gasteiger partial charge in [-0.1, -0.05) is 11.3 Å². The quantitative estimate of drug-likeness (QED) is 0.777. The van der Waals surface area contributed by atoms with Crippen LogP contribution in [0.25, 0.3) is 0 Å². The molecule has 1 aromatic heterocycles. The molecule has 0 spiro atoms. The minimum atomic E-state index is -1.01. The van der Waals surface area contributed by atoms with Gasteiger partial charge in [0.1, 0.15) is 4.88 Å². The van der Waals surface area contributed by atoms with E-state index >= 15 is 0 Å². The number of esters is 1. The van der Waals surface area contributed by atoms with E-state index < -0.39 is 11.4 Å². The van der Waals surface area contributed by atoms with Crippen molar-refractivity contribution >= 4 is 28.4 Å². The molecule has 1 rings (SSSR count). The molecule has 6 nitrogen and oxygen atoms in total. The molecule has 0 amide bonds. The molecule has 17 heavy (non-hydrogen) atoms. The predicted molar refractivity (Wildman–Crippen MR) is 63.4 cm³/mol. The third kappa shape index (κ3) is 3.42. The Kier molecular flexibility index (Phi) is 4.06. The van der Waals surface area contributed by atoms with Crippen molar-refractivity contribution in [1.82, 2.24) is 4.98 Å². The highest BCUT2D eigenvalue weighted by atomic mass is 32.1. The summed E-state index contributed by atoms with van der Waals surface area (Å²) in [6.45, 7) is 3.79. The largest absolute Gasteiger partial charge is 0.477 e. The Bertz CT molecular complexity index is 428. The zero-order valence-electron chi connectivity index (χ0n) is 9.81. The Morgan fingerprint density at radius 1 is 1.59 bits per heavy atom. The molecule has 0 aliphatic heterocycles. The standard InChI is InChI=1S/C10H14N2O4S/c1-10(2,8(15)16-3)5-12-9-11-4-6(17-9)7(13)14/h4H,5H2,1-3H3,(H,11,12)(H,13,14). The lowest BCUT2D eigenvalue weighted by Crippen LogP contribution is -2.33. The maximum Gasteiger partial charge on any atom is 0.347 e. The van der Waals surface area contributed by atoms with Crippen molar-refractivity contribution in [2.75, 3.05) is 19.0 Å². The summed E-state index contributed by atoms with van der Waals surface area (Å²) >= 11 is 1.03. The van der Waals surface area contributed by atoms with Crippen molar-refractivity contribution in [1.29, 1.82) is 0 Å². The van der Waals surface area contributed by atoms with Crippen LogP contribution in [-0.2, 0) is 9.53 Å². The number of methoxy groups -OCH3 is 1. The Balaban J connectivity index is 2.61. The third-order valence-corrected chi connectivity index (χ3v) is 3.08. The fraction of sp³-hybridized carbons (Fsp3) is 0.500. The van der Waals surface area contributed by atoms with Gasteiger partial charge in [-0.25, -0.2) is 9.78 Å². The monoisotopic (exact) mass is 258 g/mol. The molecule has 1 heterocycles. The first-order valence-electron chi connectivity index (χ1n) is 4.88. The number of carbonyl (C=O) groups is 2. The van der Waals surface area contributed by atoms with Gasteiger partial charge in [0.25, 0.3) is 0 Å². The average molecular weight is 258 g/mol. The van der Waals surface area contributed by atoms with E-state index in [9.17, 15) is 9.59 Å². The van der Waals surface area contributed by atoms with Gasteiger partial charge in [0.2, 0.25) is 0 Å². The van der Waals surface area contributed by atoms with Crippen LogP contribution in [-0.4, -0.2) is 35.7 Å². The minimum absolute atomic E-state index is 0.156. The molecule has 0 aromatic carbocycles. The topological polar surface area (TPSA) is 88.5 Å². The molecule has 1 aromatic rings. The molecule has 0 saturated carbocycles. The number of nitrogens with zero attached hydrogens (tertiary/aromatic N) is 1. The summed E-state index contributed by atoms with van der Waals surface area (Å²) < 4.78 is 4.66. The number of hydrogen-bond acceptors (Lipinski definition) is 6. The summed E-state index contributed by atoms with van der Waals surface area (Å²) in [5.74, 6) is -1.34. The van der Waals surface area contributed by atoms with Gasteiger partial charge in [0.05, 0.1) is 18.7 Å². The molecule has 94 valence electrons. The third-order valence-electron chi connectivity index (χ3n) is 2.14. The first-order chi connectivity index (χ1) is 7.86. The number of carboxylic acids is 1. The summed E-state index contributed by atoms with van der Waals surface area (Å²) in [6.07, 6.45) is 1.28. The number of carbonyl (C=O) groups excluding carboxylic acids is 1. The summed E-state index contributed by atoms with van der Waals surface area (Å²) in [7, 11) is 1.33. The van der Waals surface area contributed by atoms with Crippen LogP contribution < -0.4 is 5.32 Å². The van der Waals surface area contributed by atoms with Crippen LogP contribution in [0.4, 0.5) is 5.13 Å². The molecule has 0 atom stereocenters. The molecule has 0 radical (unpaired) electrons. The number of ether oxygens (including phenoxy) is 1. The van der Waals surface area contributed by atoms with Gasteiger partial charge in [-0.2, -0.15) is 0 Å². The van der Waals surface area contributed by atoms with E-state index in [4.69, 9.17) is 5.11 Å². The maximum absolute atomic E-state index is 11.4. The number of hydrogen-bond donors (Lipinski definition) is 2. The Hall–Kier alpha value is -1.63. The first-order valence-corrected chi connectivity index (χ1v) is 5.70. The van der Waals surface area contributed by atoms with E-state index in [0.29, 0.717) is 11.7 Å². The van der Waals surface area contributed by atoms with Gasteiger partial charge in [0.15, 0.2) is 5.13 Å². The van der Waals surface area contributed by atoms with Crippen LogP contribution >= 0.6 is 11.3 Å². The zero-order chi connectivity index (χ0) is 13.1. The lowest BCUT2D eigenvalue weighted by molar-refractivity contribution is -0.149. The normalized spacial score (nSPS) is 11.0. The summed E-state index contributed by atoms with van der Waals surface area (Å²) in [5, 5.41) is 12.1. The molecule has 0 aliphatic rings. The molecule has 0 saturated heterocycles. The number of anilines is 1. The van der Waals surface area contributed by atoms with Crippen LogP contribution in [0.1, 0.15) is 23.5 Å². The van der Waals surface area contributed by atoms with Crippen molar-refractivity contribution < 1.29 is 19.4 Å². The molecule has 2 N–H and O–H groups in total. The fourth-order valence-electron chi connectivity index (χ4n) is 1.10. The molecule has 0 bridgehead atoms. The van der Waals surface area contributed by atoms with Crippen LogP contribution in [0.2, 0.25) is 0 Å². The highest BCUT2D eigenvalue weighted by Crippen LogP contribution is 2.22. The van der Waals surface area contributed by atoms with E-state index in [-0.39, 0.29) is 10.8 Å². The number of thiazole rings is 1. The SMILES string of the molecule is COC(=O)C(C)(C)CNc1ncc(C(=O)O)s1. The van der Waals surface area contributed by atoms with Crippen LogP contribution in [0, 0.1) is 5.41 Å². The zero-order valence-corrected chi connectivity index (χ0v) is 10.6. The van der Waals surface area contributed by atoms with E-state index in [0.717, 1.165) is 11.3 Å². The Morgan fingerprint density at radius 2 is 2.24 bits per heavy atom. The molecule has 0 unspecified atom stereocenters. The van der Waals surface area contributed by atoms with Crippen molar-refractivity contribution in [2.45, 2.75) is 13.8 Å². The van der Waals surface area contributed by atoms with E-state index in [1.54, 1.807) is 13.8 Å². The molecule has 0 aliphatic carbocycles. The van der Waals surface area contributed by atoms with Crippen LogP contribution in [0.3, 0.4) is 0 Å². The van der Waals surface area contributed by atoms with Gasteiger partial charge < -0.3 is 15.2 Å². The lowest BCUT2D eigenvalue weighted by atomic mass is 9.94. The predicted octanol–water partition coefficient (Wildman–Crippen LogP) is 1.45. The molecule has 7 heteroatoms. The van der Waals surface area contributed by atoms with Crippen molar-refractivity contribution in [3.63, 3.8) is 0 Å². The second kappa shape index (κ2) is 5.13. The number of aromatic nitrogens is 1. The lowest BCUT2D eigenvalue weighted by Gasteiger charge is -2.21. The number of nitrogens with one attached hydrogen (secondary N) is 1. The number of aromatic carboxylic acids is 1. The van der Waals surface area contributed by atoms with Gasteiger partial charge in [-0.3, -0.25) is 4.79 Å². The second-order valence-electron chi connectivity index (χ2n) is 4.06. The fourth-order valence-corrected chi connectivity index (χ4v) is 1.75. The molecular weight excluding hydrogens is 244 g/mol. The van der Waals surface area contributed by atoms with Crippen LogP contribution in [0.5, 0.6) is 0 Å². The maximum atomic E-state index is 11.4. The van der Waals surface area contributed by atoms with E-state index in [1.165, 1.54) is 13.3 Å². The van der Waals surface area contributed by atoms with Crippen molar-refractivity contribution in [3.8, 4) is 0 Å². The number of rotatable bonds is 5. The minimum Gasteiger partial charge on any atom is -0.477 e. The smallest absolute Gasteiger partial charge is 0.347 e. The van der Waals surface area contributed by atoms with Gasteiger partial charge in [0, 0.05) is 6.54 Å². The molecule has 0 fully saturated rings. The van der Waals surface area contributed by atoms with Crippen LogP contribution in [0.15, 0.2) is 6.20 Å². The Morgan fingerprint density at radius 3 is 2.71 bits per heavy atom.